The molecule has 5 nitrogen and oxygen atoms in total. The predicted molar refractivity (Wildman–Crippen MR) is 53.8 cm³/mol. The van der Waals surface area contributed by atoms with E-state index in [4.69, 9.17) is 0 Å². The Labute approximate surface area is 91.7 Å². The molecule has 2 amide bonds. The number of hydrogen-bond donors (Lipinski definition) is 1. The Morgan fingerprint density at radius 2 is 2.06 bits per heavy atom. The minimum atomic E-state index is -0.387. The van der Waals surface area contributed by atoms with Crippen LogP contribution in [-0.2, 0) is 0 Å². The van der Waals surface area contributed by atoms with Gasteiger partial charge in [-0.15, -0.1) is 0 Å². The fraction of sp³-hybridized carbons (Fsp3) is 0.364. The van der Waals surface area contributed by atoms with Gasteiger partial charge in [-0.05, 0) is 25.0 Å². The lowest BCUT2D eigenvalue weighted by Crippen LogP contribution is -2.49. The van der Waals surface area contributed by atoms with Crippen molar-refractivity contribution in [1.29, 1.82) is 0 Å². The van der Waals surface area contributed by atoms with Crippen molar-refractivity contribution in [2.24, 2.45) is 0 Å². The van der Waals surface area contributed by atoms with Crippen LogP contribution in [0.3, 0.4) is 0 Å². The van der Waals surface area contributed by atoms with Crippen LogP contribution in [0.1, 0.15) is 33.7 Å². The van der Waals surface area contributed by atoms with Crippen LogP contribution in [-0.4, -0.2) is 39.0 Å². The van der Waals surface area contributed by atoms with Gasteiger partial charge in [-0.25, -0.2) is 0 Å². The molecule has 1 saturated carbocycles. The molecule has 0 spiro atoms. The Morgan fingerprint density at radius 3 is 2.69 bits per heavy atom. The van der Waals surface area contributed by atoms with Crippen molar-refractivity contribution in [3.8, 4) is 0 Å². The molecule has 0 atom stereocenters. The summed E-state index contributed by atoms with van der Waals surface area (Å²) in [7, 11) is 0. The minimum absolute atomic E-state index is 0.163. The van der Waals surface area contributed by atoms with Gasteiger partial charge in [0.1, 0.15) is 5.69 Å². The zero-order valence-electron chi connectivity index (χ0n) is 8.46. The number of amides is 2. The summed E-state index contributed by atoms with van der Waals surface area (Å²) < 4.78 is 0. The minimum Gasteiger partial charge on any atom is -0.393 e. The van der Waals surface area contributed by atoms with Crippen molar-refractivity contribution in [2.75, 3.05) is 0 Å². The van der Waals surface area contributed by atoms with Crippen LogP contribution in [0.4, 0.5) is 0 Å². The third kappa shape index (κ3) is 1.12. The number of aliphatic hydroxyl groups excluding tert-OH is 1. The highest BCUT2D eigenvalue weighted by Crippen LogP contribution is 2.32. The summed E-state index contributed by atoms with van der Waals surface area (Å²) in [5.74, 6) is -0.623. The standard InChI is InChI=1S/C11H10N2O3/c14-7-4-6(5-7)13-10(15)8-2-1-3-12-9(8)11(13)16/h1-3,6-7,14H,4-5H2. The SMILES string of the molecule is O=C1c2cccnc2C(=O)N1C1CC(O)C1. The molecule has 0 radical (unpaired) electrons. The molecule has 1 aliphatic heterocycles. The monoisotopic (exact) mass is 218 g/mol. The molecule has 82 valence electrons. The molecule has 5 heteroatoms. The molecule has 0 unspecified atom stereocenters. The second-order valence-corrected chi connectivity index (χ2v) is 4.16. The van der Waals surface area contributed by atoms with E-state index in [0.717, 1.165) is 0 Å². The fourth-order valence-electron chi connectivity index (χ4n) is 2.19. The summed E-state index contributed by atoms with van der Waals surface area (Å²) in [6.45, 7) is 0. The van der Waals surface area contributed by atoms with Crippen molar-refractivity contribution in [2.45, 2.75) is 25.0 Å². The van der Waals surface area contributed by atoms with Crippen molar-refractivity contribution in [3.05, 3.63) is 29.6 Å². The van der Waals surface area contributed by atoms with E-state index in [1.54, 1.807) is 12.1 Å². The molecule has 3 rings (SSSR count). The molecule has 1 N–H and O–H groups in total. The summed E-state index contributed by atoms with van der Waals surface area (Å²) in [4.78, 5) is 29.0. The van der Waals surface area contributed by atoms with Crippen LogP contribution in [0.5, 0.6) is 0 Å². The maximum Gasteiger partial charge on any atom is 0.280 e. The van der Waals surface area contributed by atoms with Crippen molar-refractivity contribution in [1.82, 2.24) is 9.88 Å². The quantitative estimate of drug-likeness (QED) is 0.683. The topological polar surface area (TPSA) is 70.5 Å². The number of hydrogen-bond acceptors (Lipinski definition) is 4. The van der Waals surface area contributed by atoms with E-state index in [1.807, 2.05) is 0 Å². The summed E-state index contributed by atoms with van der Waals surface area (Å²) in [6, 6.07) is 3.09. The molecule has 2 aliphatic rings. The highest BCUT2D eigenvalue weighted by Gasteiger charge is 2.45. The molecular formula is C11H10N2O3. The summed E-state index contributed by atoms with van der Waals surface area (Å²) >= 11 is 0. The number of aromatic nitrogens is 1. The first-order valence-corrected chi connectivity index (χ1v) is 5.19. The Kier molecular flexibility index (Phi) is 1.85. The largest absolute Gasteiger partial charge is 0.393 e. The Hall–Kier alpha value is -1.75. The van der Waals surface area contributed by atoms with Crippen LogP contribution in [0.2, 0.25) is 0 Å². The highest BCUT2D eigenvalue weighted by molar-refractivity contribution is 6.20. The molecule has 1 fully saturated rings. The number of rotatable bonds is 1. The first-order chi connectivity index (χ1) is 7.68. The van der Waals surface area contributed by atoms with Crippen LogP contribution >= 0.6 is 0 Å². The van der Waals surface area contributed by atoms with Crippen LogP contribution in [0.15, 0.2) is 18.3 Å². The maximum absolute atomic E-state index is 11.9. The van der Waals surface area contributed by atoms with E-state index < -0.39 is 0 Å². The van der Waals surface area contributed by atoms with E-state index in [-0.39, 0.29) is 29.7 Å². The van der Waals surface area contributed by atoms with E-state index in [1.165, 1.54) is 11.1 Å². The van der Waals surface area contributed by atoms with Gasteiger partial charge < -0.3 is 5.11 Å². The van der Waals surface area contributed by atoms with E-state index in [0.29, 0.717) is 18.4 Å². The van der Waals surface area contributed by atoms with E-state index >= 15 is 0 Å². The predicted octanol–water partition coefficient (Wildman–Crippen LogP) is 0.201. The summed E-state index contributed by atoms with van der Waals surface area (Å²) in [5, 5.41) is 9.20. The molecule has 0 bridgehead atoms. The smallest absolute Gasteiger partial charge is 0.280 e. The van der Waals surface area contributed by atoms with Gasteiger partial charge in [-0.1, -0.05) is 0 Å². The lowest BCUT2D eigenvalue weighted by atomic mass is 9.88. The number of nitrogens with zero attached hydrogens (tertiary/aromatic N) is 2. The third-order valence-corrected chi connectivity index (χ3v) is 3.13. The van der Waals surface area contributed by atoms with E-state index in [9.17, 15) is 14.7 Å². The Balaban J connectivity index is 1.96. The van der Waals surface area contributed by atoms with Crippen LogP contribution < -0.4 is 0 Å². The van der Waals surface area contributed by atoms with Crippen LogP contribution in [0, 0.1) is 0 Å². The molecule has 2 heterocycles. The van der Waals surface area contributed by atoms with Gasteiger partial charge in [0, 0.05) is 12.2 Å². The molecular weight excluding hydrogens is 208 g/mol. The van der Waals surface area contributed by atoms with Gasteiger partial charge in [-0.3, -0.25) is 19.5 Å². The third-order valence-electron chi connectivity index (χ3n) is 3.13. The number of imide groups is 1. The van der Waals surface area contributed by atoms with Crippen LogP contribution in [0.25, 0.3) is 0 Å². The van der Waals surface area contributed by atoms with E-state index in [2.05, 4.69) is 4.98 Å². The Morgan fingerprint density at radius 1 is 1.31 bits per heavy atom. The Bertz CT molecular complexity index is 445. The number of aliphatic hydroxyl groups is 1. The second kappa shape index (κ2) is 3.12. The summed E-state index contributed by atoms with van der Waals surface area (Å²) in [5.41, 5.74) is 0.600. The summed E-state index contributed by atoms with van der Waals surface area (Å²) in [6.07, 6.45) is 2.07. The lowest BCUT2D eigenvalue weighted by molar-refractivity contribution is 0.00991. The van der Waals surface area contributed by atoms with Gasteiger partial charge in [-0.2, -0.15) is 0 Å². The first-order valence-electron chi connectivity index (χ1n) is 5.19. The van der Waals surface area contributed by atoms with Crippen molar-refractivity contribution in [3.63, 3.8) is 0 Å². The maximum atomic E-state index is 11.9. The number of carbonyl (C=O) groups excluding carboxylic acids is 2. The zero-order valence-corrected chi connectivity index (χ0v) is 8.46. The van der Waals surface area contributed by atoms with Gasteiger partial charge >= 0.3 is 0 Å². The molecule has 1 aromatic rings. The molecule has 0 aromatic carbocycles. The molecule has 1 aliphatic carbocycles. The van der Waals surface area contributed by atoms with Crippen molar-refractivity contribution >= 4 is 11.8 Å². The van der Waals surface area contributed by atoms with Gasteiger partial charge in [0.25, 0.3) is 11.8 Å². The fourth-order valence-corrected chi connectivity index (χ4v) is 2.19. The lowest BCUT2D eigenvalue weighted by Gasteiger charge is -2.36. The van der Waals surface area contributed by atoms with Crippen molar-refractivity contribution < 1.29 is 14.7 Å². The van der Waals surface area contributed by atoms with Gasteiger partial charge in [0.05, 0.1) is 11.7 Å². The van der Waals surface area contributed by atoms with Gasteiger partial charge in [0.15, 0.2) is 0 Å². The van der Waals surface area contributed by atoms with Gasteiger partial charge in [0.2, 0.25) is 0 Å². The zero-order chi connectivity index (χ0) is 11.3. The highest BCUT2D eigenvalue weighted by atomic mass is 16.3. The molecule has 1 aromatic heterocycles. The number of fused-ring (bicyclic) bond motifs is 1. The average molecular weight is 218 g/mol. The average Bonchev–Trinajstić information content (AvgIpc) is 2.49. The second-order valence-electron chi connectivity index (χ2n) is 4.16. The molecule has 16 heavy (non-hydrogen) atoms. The normalized spacial score (nSPS) is 27.9. The molecule has 0 saturated heterocycles. The number of carbonyl (C=O) groups is 2. The first kappa shape index (κ1) is 9.47. The number of pyridine rings is 1.